The van der Waals surface area contributed by atoms with Crippen LogP contribution < -0.4 is 15.4 Å². The van der Waals surface area contributed by atoms with Gasteiger partial charge in [-0.1, -0.05) is 11.2 Å². The summed E-state index contributed by atoms with van der Waals surface area (Å²) in [6.45, 7) is 10.6. The van der Waals surface area contributed by atoms with Crippen LogP contribution in [0.1, 0.15) is 39.6 Å². The molecule has 0 bridgehead atoms. The second-order valence-corrected chi connectivity index (χ2v) is 6.64. The topological polar surface area (TPSA) is 78.4 Å². The average molecular weight is 345 g/mol. The fourth-order valence-electron chi connectivity index (χ4n) is 3.25. The van der Waals surface area contributed by atoms with Gasteiger partial charge >= 0.3 is 6.01 Å². The molecule has 0 amide bonds. The van der Waals surface area contributed by atoms with Gasteiger partial charge in [0.2, 0.25) is 0 Å². The van der Waals surface area contributed by atoms with Crippen LogP contribution in [-0.4, -0.2) is 40.1 Å². The number of hydrogen-bond acceptors (Lipinski definition) is 6. The van der Waals surface area contributed by atoms with Gasteiger partial charge in [-0.25, -0.2) is 0 Å². The quantitative estimate of drug-likeness (QED) is 0.898. The summed E-state index contributed by atoms with van der Waals surface area (Å²) in [4.78, 5) is 2.32. The molecule has 0 saturated carbocycles. The highest BCUT2D eigenvalue weighted by molar-refractivity contribution is 5.51. The maximum atomic E-state index is 5.99. The van der Waals surface area contributed by atoms with Gasteiger partial charge in [-0.15, -0.1) is 5.10 Å². The van der Waals surface area contributed by atoms with Crippen molar-refractivity contribution < 1.29 is 9.47 Å². The smallest absolute Gasteiger partial charge is 0.322 e. The van der Waals surface area contributed by atoms with Gasteiger partial charge < -0.3 is 20.1 Å². The first-order valence-corrected chi connectivity index (χ1v) is 8.85. The number of benzene rings is 1. The number of anilines is 1. The second kappa shape index (κ2) is 7.41. The molecule has 1 fully saturated rings. The predicted octanol–water partition coefficient (Wildman–Crippen LogP) is 2.72. The van der Waals surface area contributed by atoms with Gasteiger partial charge in [-0.2, -0.15) is 0 Å². The van der Waals surface area contributed by atoms with Gasteiger partial charge in [0.25, 0.3) is 0 Å². The molecule has 3 atom stereocenters. The van der Waals surface area contributed by atoms with Crippen molar-refractivity contribution >= 4 is 5.69 Å². The van der Waals surface area contributed by atoms with Crippen LogP contribution in [0.5, 0.6) is 11.8 Å². The zero-order chi connectivity index (χ0) is 18.0. The third-order valence-corrected chi connectivity index (χ3v) is 4.28. The molecule has 0 aliphatic carbocycles. The molecule has 1 saturated heterocycles. The van der Waals surface area contributed by atoms with Crippen LogP contribution in [0.4, 0.5) is 5.69 Å². The highest BCUT2D eigenvalue weighted by atomic mass is 16.5. The molecule has 0 unspecified atom stereocenters. The molecule has 136 valence electrons. The molecule has 2 heterocycles. The average Bonchev–Trinajstić information content (AvgIpc) is 2.97. The molecular weight excluding hydrogens is 318 g/mol. The maximum Gasteiger partial charge on any atom is 0.322 e. The third-order valence-electron chi connectivity index (χ3n) is 4.28. The minimum absolute atomic E-state index is 0.188. The Balaban J connectivity index is 1.81. The Hall–Kier alpha value is -2.12. The predicted molar refractivity (Wildman–Crippen MR) is 97.0 cm³/mol. The second-order valence-electron chi connectivity index (χ2n) is 6.64. The Morgan fingerprint density at radius 3 is 2.64 bits per heavy atom. The highest BCUT2D eigenvalue weighted by Gasteiger charge is 2.23. The summed E-state index contributed by atoms with van der Waals surface area (Å²) in [6.07, 6.45) is 0.426. The monoisotopic (exact) mass is 345 g/mol. The summed E-state index contributed by atoms with van der Waals surface area (Å²) >= 11 is 0. The summed E-state index contributed by atoms with van der Waals surface area (Å²) in [5, 5.41) is 8.30. The number of ether oxygens (including phenoxy) is 2. The van der Waals surface area contributed by atoms with Crippen molar-refractivity contribution in [3.63, 3.8) is 0 Å². The summed E-state index contributed by atoms with van der Waals surface area (Å²) < 4.78 is 13.7. The third kappa shape index (κ3) is 3.93. The Bertz CT molecular complexity index is 705. The molecule has 25 heavy (non-hydrogen) atoms. The molecule has 7 nitrogen and oxygen atoms in total. The molecule has 2 aromatic rings. The fourth-order valence-corrected chi connectivity index (χ4v) is 3.25. The number of aromatic nitrogens is 3. The van der Waals surface area contributed by atoms with E-state index in [-0.39, 0.29) is 18.2 Å². The fraction of sp³-hybridized carbons (Fsp3) is 0.556. The van der Waals surface area contributed by atoms with Crippen molar-refractivity contribution in [1.82, 2.24) is 14.8 Å². The highest BCUT2D eigenvalue weighted by Crippen LogP contribution is 2.28. The lowest BCUT2D eigenvalue weighted by Gasteiger charge is -2.36. The number of hydrogen-bond donors (Lipinski definition) is 1. The zero-order valence-electron chi connectivity index (χ0n) is 15.3. The van der Waals surface area contributed by atoms with E-state index >= 15 is 0 Å². The van der Waals surface area contributed by atoms with E-state index in [0.717, 1.165) is 30.4 Å². The van der Waals surface area contributed by atoms with Gasteiger partial charge in [-0.3, -0.25) is 4.57 Å². The van der Waals surface area contributed by atoms with Gasteiger partial charge in [-0.05, 0) is 39.8 Å². The van der Waals surface area contributed by atoms with E-state index in [4.69, 9.17) is 15.2 Å². The van der Waals surface area contributed by atoms with Crippen LogP contribution in [0.25, 0.3) is 0 Å². The van der Waals surface area contributed by atoms with Crippen molar-refractivity contribution in [2.24, 2.45) is 5.73 Å². The van der Waals surface area contributed by atoms with E-state index in [2.05, 4.69) is 35.0 Å². The van der Waals surface area contributed by atoms with Crippen LogP contribution in [-0.2, 0) is 11.3 Å². The maximum absolute atomic E-state index is 5.99. The van der Waals surface area contributed by atoms with Gasteiger partial charge in [0, 0.05) is 31.4 Å². The lowest BCUT2D eigenvalue weighted by atomic mass is 10.2. The van der Waals surface area contributed by atoms with Crippen molar-refractivity contribution in [2.75, 3.05) is 18.0 Å². The van der Waals surface area contributed by atoms with Gasteiger partial charge in [0.1, 0.15) is 5.75 Å². The minimum Gasteiger partial charge on any atom is -0.424 e. The van der Waals surface area contributed by atoms with Gasteiger partial charge in [0.15, 0.2) is 5.82 Å². The molecule has 0 spiro atoms. The number of rotatable bonds is 5. The van der Waals surface area contributed by atoms with E-state index in [1.807, 2.05) is 36.6 Å². The van der Waals surface area contributed by atoms with E-state index < -0.39 is 0 Å². The molecule has 3 rings (SSSR count). The van der Waals surface area contributed by atoms with Gasteiger partial charge in [0.05, 0.1) is 18.2 Å². The van der Waals surface area contributed by atoms with Crippen molar-refractivity contribution in [3.05, 3.63) is 30.1 Å². The lowest BCUT2D eigenvalue weighted by Crippen LogP contribution is -2.45. The first-order chi connectivity index (χ1) is 12.0. The number of nitrogens with zero attached hydrogens (tertiary/aromatic N) is 4. The molecule has 1 aliphatic heterocycles. The van der Waals surface area contributed by atoms with Crippen LogP contribution in [0.3, 0.4) is 0 Å². The van der Waals surface area contributed by atoms with E-state index in [1.165, 1.54) is 0 Å². The molecule has 1 aliphatic rings. The van der Waals surface area contributed by atoms with Crippen LogP contribution >= 0.6 is 0 Å². The van der Waals surface area contributed by atoms with E-state index in [9.17, 15) is 0 Å². The lowest BCUT2D eigenvalue weighted by molar-refractivity contribution is -0.00522. The standard InChI is InChI=1S/C18H27N5O2/c1-5-23-17(14(4)19)20-21-18(23)25-16-8-6-7-15(9-16)22-10-12(2)24-13(3)11-22/h6-9,12-14H,5,10-11,19H2,1-4H3/t12-,13+,14-/m1/s1. The van der Waals surface area contributed by atoms with E-state index in [0.29, 0.717) is 12.6 Å². The Morgan fingerprint density at radius 2 is 2.00 bits per heavy atom. The zero-order valence-corrected chi connectivity index (χ0v) is 15.3. The normalized spacial score (nSPS) is 22.0. The molecular formula is C18H27N5O2. The summed E-state index contributed by atoms with van der Waals surface area (Å²) in [5.41, 5.74) is 7.07. The molecule has 0 radical (unpaired) electrons. The Morgan fingerprint density at radius 1 is 1.28 bits per heavy atom. The van der Waals surface area contributed by atoms with E-state index in [1.54, 1.807) is 0 Å². The summed E-state index contributed by atoms with van der Waals surface area (Å²) in [7, 11) is 0. The van der Waals surface area contributed by atoms with Crippen LogP contribution in [0.15, 0.2) is 24.3 Å². The summed E-state index contributed by atoms with van der Waals surface area (Å²) in [5.74, 6) is 1.46. The van der Waals surface area contributed by atoms with Crippen LogP contribution in [0.2, 0.25) is 0 Å². The van der Waals surface area contributed by atoms with Crippen molar-refractivity contribution in [3.8, 4) is 11.8 Å². The van der Waals surface area contributed by atoms with Crippen LogP contribution in [0, 0.1) is 0 Å². The molecule has 2 N–H and O–H groups in total. The first-order valence-electron chi connectivity index (χ1n) is 8.85. The molecule has 7 heteroatoms. The largest absolute Gasteiger partial charge is 0.424 e. The first kappa shape index (κ1) is 17.7. The number of nitrogens with two attached hydrogens (primary N) is 1. The molecule has 1 aromatic carbocycles. The van der Waals surface area contributed by atoms with Crippen molar-refractivity contribution in [2.45, 2.75) is 52.5 Å². The Kier molecular flexibility index (Phi) is 5.24. The molecule has 1 aromatic heterocycles. The Labute approximate surface area is 148 Å². The summed E-state index contributed by atoms with van der Waals surface area (Å²) in [6, 6.07) is 8.33. The minimum atomic E-state index is -0.188. The number of morpholine rings is 1. The SMILES string of the molecule is CCn1c(Oc2cccc(N3C[C@@H](C)O[C@@H](C)C3)c2)nnc1[C@@H](C)N. The van der Waals surface area contributed by atoms with Crippen molar-refractivity contribution in [1.29, 1.82) is 0 Å².